The normalized spacial score (nSPS) is 10.7. The van der Waals surface area contributed by atoms with Gasteiger partial charge in [-0.3, -0.25) is 4.79 Å². The van der Waals surface area contributed by atoms with Gasteiger partial charge in [0.15, 0.2) is 17.3 Å². The number of methoxy groups -OCH3 is 1. The van der Waals surface area contributed by atoms with Gasteiger partial charge in [0.05, 0.1) is 12.7 Å². The Morgan fingerprint density at radius 1 is 1.05 bits per heavy atom. The van der Waals surface area contributed by atoms with Crippen LogP contribution < -0.4 is 4.74 Å². The van der Waals surface area contributed by atoms with E-state index in [1.54, 1.807) is 24.3 Å². The second kappa shape index (κ2) is 6.00. The van der Waals surface area contributed by atoms with Gasteiger partial charge in [0.25, 0.3) is 0 Å². The molecule has 108 valence electrons. The van der Waals surface area contributed by atoms with Gasteiger partial charge in [-0.2, -0.15) is 0 Å². The van der Waals surface area contributed by atoms with E-state index in [9.17, 15) is 20.1 Å². The highest BCUT2D eigenvalue weighted by atomic mass is 16.5. The number of ether oxygens (including phenoxy) is 1. The number of carbonyl (C=O) groups excluding carboxylic acids is 1. The molecule has 2 aromatic rings. The predicted molar refractivity (Wildman–Crippen MR) is 77.8 cm³/mol. The summed E-state index contributed by atoms with van der Waals surface area (Å²) in [6, 6.07) is 9.37. The number of allylic oxidation sites excluding steroid dienone is 1. The SMILES string of the molecule is COc1ccccc1C(=O)C=Cc1ccc(O)c(O)c1O. The first-order valence-corrected chi connectivity index (χ1v) is 6.14. The van der Waals surface area contributed by atoms with Crippen LogP contribution in [0.5, 0.6) is 23.0 Å². The maximum Gasteiger partial charge on any atom is 0.200 e. The van der Waals surface area contributed by atoms with E-state index in [4.69, 9.17) is 4.74 Å². The molecule has 0 aliphatic rings. The van der Waals surface area contributed by atoms with Crippen LogP contribution in [0.2, 0.25) is 0 Å². The number of ketones is 1. The highest BCUT2D eigenvalue weighted by Crippen LogP contribution is 2.37. The van der Waals surface area contributed by atoms with Crippen molar-refractivity contribution in [1.29, 1.82) is 0 Å². The van der Waals surface area contributed by atoms with Crippen LogP contribution in [-0.4, -0.2) is 28.2 Å². The second-order valence-electron chi connectivity index (χ2n) is 4.27. The van der Waals surface area contributed by atoms with E-state index in [0.29, 0.717) is 11.3 Å². The van der Waals surface area contributed by atoms with Crippen LogP contribution >= 0.6 is 0 Å². The maximum atomic E-state index is 12.1. The largest absolute Gasteiger partial charge is 0.504 e. The molecule has 0 bridgehead atoms. The first-order chi connectivity index (χ1) is 10.0. The number of carbonyl (C=O) groups is 1. The Labute approximate surface area is 121 Å². The van der Waals surface area contributed by atoms with E-state index in [0.717, 1.165) is 0 Å². The van der Waals surface area contributed by atoms with E-state index in [-0.39, 0.29) is 11.3 Å². The van der Waals surface area contributed by atoms with Gasteiger partial charge in [0.2, 0.25) is 5.75 Å². The molecule has 0 amide bonds. The van der Waals surface area contributed by atoms with Gasteiger partial charge >= 0.3 is 0 Å². The van der Waals surface area contributed by atoms with E-state index >= 15 is 0 Å². The highest BCUT2D eigenvalue weighted by molar-refractivity contribution is 6.08. The van der Waals surface area contributed by atoms with Crippen molar-refractivity contribution in [2.75, 3.05) is 7.11 Å². The van der Waals surface area contributed by atoms with Crippen LogP contribution in [0, 0.1) is 0 Å². The first kappa shape index (κ1) is 14.5. The van der Waals surface area contributed by atoms with E-state index in [1.165, 1.54) is 31.4 Å². The van der Waals surface area contributed by atoms with Crippen LogP contribution in [0.15, 0.2) is 42.5 Å². The molecule has 0 aliphatic carbocycles. The molecule has 5 heteroatoms. The van der Waals surface area contributed by atoms with Gasteiger partial charge in [-0.15, -0.1) is 0 Å². The summed E-state index contributed by atoms with van der Waals surface area (Å²) in [7, 11) is 1.47. The number of para-hydroxylation sites is 1. The summed E-state index contributed by atoms with van der Waals surface area (Å²) in [5.41, 5.74) is 0.604. The molecule has 0 radical (unpaired) electrons. The number of benzene rings is 2. The van der Waals surface area contributed by atoms with Gasteiger partial charge in [-0.05, 0) is 36.4 Å². The summed E-state index contributed by atoms with van der Waals surface area (Å²) in [5.74, 6) is -1.40. The molecule has 0 fully saturated rings. The lowest BCUT2D eigenvalue weighted by atomic mass is 10.1. The van der Waals surface area contributed by atoms with Crippen molar-refractivity contribution in [3.05, 3.63) is 53.6 Å². The number of aromatic hydroxyl groups is 3. The second-order valence-corrected chi connectivity index (χ2v) is 4.27. The number of hydrogen-bond acceptors (Lipinski definition) is 5. The van der Waals surface area contributed by atoms with Crippen LogP contribution in [0.4, 0.5) is 0 Å². The Bertz CT molecular complexity index is 704. The lowest BCUT2D eigenvalue weighted by molar-refractivity contribution is 0.104. The Morgan fingerprint density at radius 3 is 2.48 bits per heavy atom. The molecular formula is C16H14O5. The number of phenols is 3. The zero-order valence-electron chi connectivity index (χ0n) is 11.3. The summed E-state index contributed by atoms with van der Waals surface area (Å²) < 4.78 is 5.10. The molecule has 0 heterocycles. The van der Waals surface area contributed by atoms with Crippen molar-refractivity contribution < 1.29 is 24.9 Å². The zero-order valence-corrected chi connectivity index (χ0v) is 11.3. The van der Waals surface area contributed by atoms with Gasteiger partial charge in [0.1, 0.15) is 5.75 Å². The molecule has 0 aromatic heterocycles. The molecule has 0 atom stereocenters. The van der Waals surface area contributed by atoms with Gasteiger partial charge in [-0.1, -0.05) is 12.1 Å². The fourth-order valence-electron chi connectivity index (χ4n) is 1.82. The first-order valence-electron chi connectivity index (χ1n) is 6.14. The van der Waals surface area contributed by atoms with Crippen molar-refractivity contribution in [2.24, 2.45) is 0 Å². The number of phenolic OH excluding ortho intramolecular Hbond substituents is 3. The average Bonchev–Trinajstić information content (AvgIpc) is 2.51. The third kappa shape index (κ3) is 2.97. The molecule has 0 saturated carbocycles. The summed E-state index contributed by atoms with van der Waals surface area (Å²) >= 11 is 0. The Morgan fingerprint density at radius 2 is 1.76 bits per heavy atom. The van der Waals surface area contributed by atoms with Gasteiger partial charge in [0, 0.05) is 5.56 Å². The lowest BCUT2D eigenvalue weighted by Gasteiger charge is -2.05. The topological polar surface area (TPSA) is 87.0 Å². The van der Waals surface area contributed by atoms with Crippen molar-refractivity contribution in [1.82, 2.24) is 0 Å². The van der Waals surface area contributed by atoms with E-state index in [1.807, 2.05) is 0 Å². The lowest BCUT2D eigenvalue weighted by Crippen LogP contribution is -1.98. The van der Waals surface area contributed by atoms with Crippen LogP contribution in [0.3, 0.4) is 0 Å². The van der Waals surface area contributed by atoms with Crippen LogP contribution in [0.1, 0.15) is 15.9 Å². The minimum absolute atomic E-state index is 0.216. The zero-order chi connectivity index (χ0) is 15.4. The number of hydrogen-bond donors (Lipinski definition) is 3. The Hall–Kier alpha value is -2.95. The van der Waals surface area contributed by atoms with Gasteiger partial charge in [-0.25, -0.2) is 0 Å². The summed E-state index contributed by atoms with van der Waals surface area (Å²) in [5, 5.41) is 28.3. The minimum Gasteiger partial charge on any atom is -0.504 e. The van der Waals surface area contributed by atoms with Crippen molar-refractivity contribution in [2.45, 2.75) is 0 Å². The Kier molecular flexibility index (Phi) is 4.13. The molecule has 0 spiro atoms. The molecule has 0 saturated heterocycles. The van der Waals surface area contributed by atoms with Crippen LogP contribution in [0.25, 0.3) is 6.08 Å². The van der Waals surface area contributed by atoms with Crippen molar-refractivity contribution >= 4 is 11.9 Å². The van der Waals surface area contributed by atoms with Gasteiger partial charge < -0.3 is 20.1 Å². The van der Waals surface area contributed by atoms with Crippen molar-refractivity contribution in [3.8, 4) is 23.0 Å². The fraction of sp³-hybridized carbons (Fsp3) is 0.0625. The smallest absolute Gasteiger partial charge is 0.200 e. The quantitative estimate of drug-likeness (QED) is 0.457. The molecular weight excluding hydrogens is 272 g/mol. The molecule has 21 heavy (non-hydrogen) atoms. The van der Waals surface area contributed by atoms with Crippen molar-refractivity contribution in [3.63, 3.8) is 0 Å². The molecule has 0 aliphatic heterocycles. The summed E-state index contributed by atoms with van der Waals surface area (Å²) in [6.45, 7) is 0. The van der Waals surface area contributed by atoms with E-state index in [2.05, 4.69) is 0 Å². The Balaban J connectivity index is 2.29. The predicted octanol–water partition coefficient (Wildman–Crippen LogP) is 2.71. The molecule has 0 unspecified atom stereocenters. The third-order valence-electron chi connectivity index (χ3n) is 2.95. The highest BCUT2D eigenvalue weighted by Gasteiger charge is 2.11. The molecule has 2 rings (SSSR count). The van der Waals surface area contributed by atoms with E-state index < -0.39 is 17.2 Å². The molecule has 5 nitrogen and oxygen atoms in total. The van der Waals surface area contributed by atoms with Crippen LogP contribution in [-0.2, 0) is 0 Å². The molecule has 3 N–H and O–H groups in total. The minimum atomic E-state index is -0.623. The summed E-state index contributed by atoms with van der Waals surface area (Å²) in [4.78, 5) is 12.1. The number of rotatable bonds is 4. The standard InChI is InChI=1S/C16H14O5/c1-21-14-5-3-2-4-11(14)12(17)8-6-10-7-9-13(18)16(20)15(10)19/h2-9,18-20H,1H3. The monoisotopic (exact) mass is 286 g/mol. The maximum absolute atomic E-state index is 12.1. The molecule has 2 aromatic carbocycles. The average molecular weight is 286 g/mol. The summed E-state index contributed by atoms with van der Waals surface area (Å²) in [6.07, 6.45) is 2.60. The third-order valence-corrected chi connectivity index (χ3v) is 2.95. The fourth-order valence-corrected chi connectivity index (χ4v) is 1.82.